The summed E-state index contributed by atoms with van der Waals surface area (Å²) in [6, 6.07) is 6.84. The average Bonchev–Trinajstić information content (AvgIpc) is 2.76. The van der Waals surface area contributed by atoms with E-state index in [0.717, 1.165) is 25.7 Å². The van der Waals surface area contributed by atoms with Crippen LogP contribution in [0.4, 0.5) is 5.69 Å². The molecule has 0 heterocycles. The minimum atomic E-state index is -0.341. The Morgan fingerprint density at radius 2 is 1.57 bits per heavy atom. The van der Waals surface area contributed by atoms with E-state index in [1.807, 2.05) is 0 Å². The number of carbonyl (C=O) groups excluding carboxylic acids is 3. The largest absolute Gasteiger partial charge is 0.353 e. The maximum absolute atomic E-state index is 12.0. The van der Waals surface area contributed by atoms with Gasteiger partial charge in [0.2, 0.25) is 11.8 Å². The molecule has 2 amide bonds. The molecule has 2 rings (SSSR count). The number of rotatable bonds is 5. The number of hydrogen-bond donors (Lipinski definition) is 2. The van der Waals surface area contributed by atoms with Gasteiger partial charge in [-0.15, -0.1) is 0 Å². The molecule has 23 heavy (non-hydrogen) atoms. The smallest absolute Gasteiger partial charge is 0.233 e. The van der Waals surface area contributed by atoms with Gasteiger partial charge in [-0.2, -0.15) is 0 Å². The zero-order valence-corrected chi connectivity index (χ0v) is 13.6. The van der Waals surface area contributed by atoms with Crippen molar-refractivity contribution >= 4 is 23.3 Å². The van der Waals surface area contributed by atoms with Crippen LogP contribution in [0.25, 0.3) is 0 Å². The first-order chi connectivity index (χ1) is 11.0. The van der Waals surface area contributed by atoms with E-state index in [9.17, 15) is 14.4 Å². The first-order valence-corrected chi connectivity index (χ1v) is 8.25. The summed E-state index contributed by atoms with van der Waals surface area (Å²) in [7, 11) is 0. The maximum Gasteiger partial charge on any atom is 0.233 e. The summed E-state index contributed by atoms with van der Waals surface area (Å²) < 4.78 is 0. The summed E-state index contributed by atoms with van der Waals surface area (Å²) >= 11 is 0. The van der Waals surface area contributed by atoms with E-state index in [-0.39, 0.29) is 30.1 Å². The van der Waals surface area contributed by atoms with Gasteiger partial charge in [-0.1, -0.05) is 25.7 Å². The second-order valence-electron chi connectivity index (χ2n) is 6.11. The minimum absolute atomic E-state index is 0.0225. The second-order valence-corrected chi connectivity index (χ2v) is 6.11. The van der Waals surface area contributed by atoms with Crippen LogP contribution in [0.5, 0.6) is 0 Å². The summed E-state index contributed by atoms with van der Waals surface area (Å²) in [6.45, 7) is 1.49. The van der Waals surface area contributed by atoms with Gasteiger partial charge in [0.25, 0.3) is 0 Å². The molecule has 0 atom stereocenters. The van der Waals surface area contributed by atoms with E-state index in [4.69, 9.17) is 0 Å². The third kappa shape index (κ3) is 5.85. The highest BCUT2D eigenvalue weighted by Crippen LogP contribution is 2.17. The van der Waals surface area contributed by atoms with Crippen molar-refractivity contribution in [3.05, 3.63) is 29.8 Å². The Morgan fingerprint density at radius 3 is 2.13 bits per heavy atom. The number of Topliss-reactive ketones (excluding diaryl/α,β-unsaturated/α-hetero) is 1. The van der Waals surface area contributed by atoms with Gasteiger partial charge in [-0.3, -0.25) is 14.4 Å². The summed E-state index contributed by atoms with van der Waals surface area (Å²) in [4.78, 5) is 35.1. The van der Waals surface area contributed by atoms with Gasteiger partial charge >= 0.3 is 0 Å². The van der Waals surface area contributed by atoms with Crippen LogP contribution in [-0.2, 0) is 9.59 Å². The van der Waals surface area contributed by atoms with Crippen LogP contribution in [0.2, 0.25) is 0 Å². The third-order valence-electron chi connectivity index (χ3n) is 4.12. The molecule has 0 saturated heterocycles. The summed E-state index contributed by atoms with van der Waals surface area (Å²) in [6.07, 6.45) is 6.55. The van der Waals surface area contributed by atoms with Crippen molar-refractivity contribution in [2.24, 2.45) is 0 Å². The van der Waals surface area contributed by atoms with Gasteiger partial charge in [-0.05, 0) is 44.0 Å². The van der Waals surface area contributed by atoms with Crippen molar-refractivity contribution in [2.75, 3.05) is 5.32 Å². The first-order valence-electron chi connectivity index (χ1n) is 8.25. The van der Waals surface area contributed by atoms with Crippen molar-refractivity contribution in [1.29, 1.82) is 0 Å². The van der Waals surface area contributed by atoms with Gasteiger partial charge in [0.1, 0.15) is 6.42 Å². The molecule has 1 saturated carbocycles. The Hall–Kier alpha value is -2.17. The molecule has 5 heteroatoms. The lowest BCUT2D eigenvalue weighted by Gasteiger charge is -2.16. The summed E-state index contributed by atoms with van der Waals surface area (Å²) in [5.41, 5.74) is 1.18. The molecule has 124 valence electrons. The number of benzene rings is 1. The van der Waals surface area contributed by atoms with Gasteiger partial charge in [0.15, 0.2) is 5.78 Å². The highest BCUT2D eigenvalue weighted by atomic mass is 16.2. The molecule has 0 spiro atoms. The Kier molecular flexibility index (Phi) is 6.32. The van der Waals surface area contributed by atoms with E-state index in [2.05, 4.69) is 10.6 Å². The third-order valence-corrected chi connectivity index (χ3v) is 4.12. The van der Waals surface area contributed by atoms with Crippen molar-refractivity contribution in [2.45, 2.75) is 57.9 Å². The predicted molar refractivity (Wildman–Crippen MR) is 89.3 cm³/mol. The zero-order chi connectivity index (χ0) is 16.7. The fourth-order valence-electron chi connectivity index (χ4n) is 2.84. The van der Waals surface area contributed by atoms with Gasteiger partial charge in [-0.25, -0.2) is 0 Å². The van der Waals surface area contributed by atoms with Gasteiger partial charge in [0.05, 0.1) is 0 Å². The van der Waals surface area contributed by atoms with E-state index >= 15 is 0 Å². The Morgan fingerprint density at radius 1 is 0.957 bits per heavy atom. The lowest BCUT2D eigenvalue weighted by Crippen LogP contribution is -2.36. The molecule has 5 nitrogen and oxygen atoms in total. The van der Waals surface area contributed by atoms with E-state index in [0.29, 0.717) is 11.3 Å². The second kappa shape index (κ2) is 8.46. The molecule has 0 aliphatic heterocycles. The average molecular weight is 316 g/mol. The Labute approximate surface area is 136 Å². The van der Waals surface area contributed by atoms with Crippen molar-refractivity contribution in [3.8, 4) is 0 Å². The van der Waals surface area contributed by atoms with Crippen molar-refractivity contribution in [1.82, 2.24) is 5.32 Å². The van der Waals surface area contributed by atoms with Gasteiger partial charge in [0, 0.05) is 17.3 Å². The number of nitrogens with one attached hydrogen (secondary N) is 2. The quantitative estimate of drug-likeness (QED) is 0.498. The van der Waals surface area contributed by atoms with Crippen LogP contribution in [-0.4, -0.2) is 23.6 Å². The Balaban J connectivity index is 1.79. The lowest BCUT2D eigenvalue weighted by atomic mass is 10.1. The monoisotopic (exact) mass is 316 g/mol. The molecule has 2 N–H and O–H groups in total. The first kappa shape index (κ1) is 17.2. The number of amides is 2. The fourth-order valence-corrected chi connectivity index (χ4v) is 2.84. The molecular weight excluding hydrogens is 292 g/mol. The van der Waals surface area contributed by atoms with Crippen LogP contribution in [0.3, 0.4) is 0 Å². The molecular formula is C18H24N2O3. The van der Waals surface area contributed by atoms with E-state index in [1.54, 1.807) is 24.3 Å². The summed E-state index contributed by atoms with van der Waals surface area (Å²) in [5.74, 6) is -0.591. The van der Waals surface area contributed by atoms with E-state index < -0.39 is 0 Å². The van der Waals surface area contributed by atoms with Crippen LogP contribution >= 0.6 is 0 Å². The van der Waals surface area contributed by atoms with Crippen LogP contribution in [0.1, 0.15) is 62.2 Å². The molecule has 1 aromatic carbocycles. The molecule has 0 bridgehead atoms. The van der Waals surface area contributed by atoms with E-state index in [1.165, 1.54) is 19.8 Å². The predicted octanol–water partition coefficient (Wildman–Crippen LogP) is 3.06. The fraction of sp³-hybridized carbons (Fsp3) is 0.500. The van der Waals surface area contributed by atoms with Crippen LogP contribution in [0.15, 0.2) is 24.3 Å². The van der Waals surface area contributed by atoms with Crippen LogP contribution < -0.4 is 10.6 Å². The highest BCUT2D eigenvalue weighted by molar-refractivity contribution is 6.03. The molecule has 0 aromatic heterocycles. The molecule has 1 aromatic rings. The number of carbonyl (C=O) groups is 3. The normalized spacial score (nSPS) is 15.5. The minimum Gasteiger partial charge on any atom is -0.353 e. The van der Waals surface area contributed by atoms with Crippen LogP contribution in [0, 0.1) is 0 Å². The zero-order valence-electron chi connectivity index (χ0n) is 13.6. The molecule has 1 aliphatic rings. The summed E-state index contributed by atoms with van der Waals surface area (Å²) in [5, 5.41) is 5.63. The van der Waals surface area contributed by atoms with Crippen molar-refractivity contribution < 1.29 is 14.4 Å². The molecule has 1 fully saturated rings. The number of anilines is 1. The molecule has 0 unspecified atom stereocenters. The topological polar surface area (TPSA) is 75.3 Å². The standard InChI is InChI=1S/C18H24N2O3/c1-13(21)14-8-10-16(11-9-14)20-18(23)12-17(22)19-15-6-4-2-3-5-7-15/h8-11,15H,2-7,12H2,1H3,(H,19,22)(H,20,23). The number of ketones is 1. The Bertz CT molecular complexity index is 558. The molecule has 1 aliphatic carbocycles. The lowest BCUT2D eigenvalue weighted by molar-refractivity contribution is -0.127. The highest BCUT2D eigenvalue weighted by Gasteiger charge is 2.16. The maximum atomic E-state index is 12.0. The number of hydrogen-bond acceptors (Lipinski definition) is 3. The molecule has 0 radical (unpaired) electrons. The van der Waals surface area contributed by atoms with Crippen molar-refractivity contribution in [3.63, 3.8) is 0 Å². The SMILES string of the molecule is CC(=O)c1ccc(NC(=O)CC(=O)NC2CCCCCC2)cc1. The van der Waals surface area contributed by atoms with Gasteiger partial charge < -0.3 is 10.6 Å².